The number of benzene rings is 1. The van der Waals surface area contributed by atoms with E-state index < -0.39 is 0 Å². The largest absolute Gasteiger partial charge is 0.493 e. The molecule has 0 unspecified atom stereocenters. The van der Waals surface area contributed by atoms with Gasteiger partial charge in [0, 0.05) is 45.3 Å². The minimum atomic E-state index is 0.111. The molecule has 0 aliphatic carbocycles. The van der Waals surface area contributed by atoms with Crippen LogP contribution >= 0.6 is 0 Å². The number of hydrogen-bond acceptors (Lipinski definition) is 4. The van der Waals surface area contributed by atoms with Crippen LogP contribution in [0.4, 0.5) is 0 Å². The van der Waals surface area contributed by atoms with E-state index in [0.717, 1.165) is 36.4 Å². The third kappa shape index (κ3) is 4.72. The number of carbonyl (C=O) groups is 1. The van der Waals surface area contributed by atoms with Crippen molar-refractivity contribution >= 4 is 5.91 Å². The van der Waals surface area contributed by atoms with Crippen LogP contribution in [0.25, 0.3) is 0 Å². The van der Waals surface area contributed by atoms with Crippen LogP contribution < -0.4 is 15.4 Å². The molecule has 0 atom stereocenters. The zero-order valence-electron chi connectivity index (χ0n) is 12.8. The summed E-state index contributed by atoms with van der Waals surface area (Å²) in [4.78, 5) is 11.9. The summed E-state index contributed by atoms with van der Waals surface area (Å²) in [6.45, 7) is 5.40. The Kier molecular flexibility index (Phi) is 6.02. The molecule has 1 fully saturated rings. The molecule has 0 spiro atoms. The van der Waals surface area contributed by atoms with Crippen LogP contribution in [0.2, 0.25) is 0 Å². The van der Waals surface area contributed by atoms with Crippen molar-refractivity contribution in [3.8, 4) is 5.75 Å². The molecule has 116 valence electrons. The summed E-state index contributed by atoms with van der Waals surface area (Å²) < 4.78 is 10.8. The van der Waals surface area contributed by atoms with Gasteiger partial charge in [-0.05, 0) is 18.6 Å². The Bertz CT molecular complexity index is 473. The van der Waals surface area contributed by atoms with Crippen LogP contribution in [0.5, 0.6) is 5.75 Å². The topological polar surface area (TPSA) is 59.6 Å². The van der Waals surface area contributed by atoms with Gasteiger partial charge < -0.3 is 20.1 Å². The first-order chi connectivity index (χ1) is 10.2. The lowest BCUT2D eigenvalue weighted by Gasteiger charge is -2.26. The molecular formula is C16H24N2O3. The molecule has 0 saturated carbocycles. The quantitative estimate of drug-likeness (QED) is 0.708. The van der Waals surface area contributed by atoms with Gasteiger partial charge in [0.05, 0.1) is 12.5 Å². The minimum Gasteiger partial charge on any atom is -0.493 e. The summed E-state index contributed by atoms with van der Waals surface area (Å²) in [5.41, 5.74) is 2.16. The van der Waals surface area contributed by atoms with E-state index in [9.17, 15) is 4.79 Å². The molecule has 1 amide bonds. The normalized spacial score (nSPS) is 14.6. The lowest BCUT2D eigenvalue weighted by atomic mass is 10.0. The van der Waals surface area contributed by atoms with E-state index in [-0.39, 0.29) is 11.8 Å². The molecule has 1 saturated heterocycles. The van der Waals surface area contributed by atoms with Gasteiger partial charge in [-0.15, -0.1) is 0 Å². The van der Waals surface area contributed by atoms with E-state index in [4.69, 9.17) is 9.47 Å². The van der Waals surface area contributed by atoms with Gasteiger partial charge >= 0.3 is 0 Å². The Morgan fingerprint density at radius 1 is 1.38 bits per heavy atom. The fourth-order valence-electron chi connectivity index (χ4n) is 2.13. The van der Waals surface area contributed by atoms with Crippen molar-refractivity contribution < 1.29 is 14.3 Å². The molecule has 0 radical (unpaired) electrons. The Morgan fingerprint density at radius 2 is 2.19 bits per heavy atom. The zero-order valence-corrected chi connectivity index (χ0v) is 12.8. The summed E-state index contributed by atoms with van der Waals surface area (Å²) in [6, 6.07) is 6.06. The Balaban J connectivity index is 1.89. The molecule has 1 aliphatic rings. The van der Waals surface area contributed by atoms with Crippen LogP contribution in [-0.4, -0.2) is 39.3 Å². The molecule has 5 nitrogen and oxygen atoms in total. The number of hydrogen-bond donors (Lipinski definition) is 2. The van der Waals surface area contributed by atoms with Crippen LogP contribution in [0.3, 0.4) is 0 Å². The Hall–Kier alpha value is -1.59. The van der Waals surface area contributed by atoms with E-state index in [2.05, 4.69) is 10.6 Å². The number of methoxy groups -OCH3 is 1. The molecule has 1 aliphatic heterocycles. The highest BCUT2D eigenvalue weighted by Gasteiger charge is 2.24. The van der Waals surface area contributed by atoms with Gasteiger partial charge in [0.15, 0.2) is 0 Å². The van der Waals surface area contributed by atoms with E-state index in [0.29, 0.717) is 19.8 Å². The van der Waals surface area contributed by atoms with E-state index >= 15 is 0 Å². The van der Waals surface area contributed by atoms with Gasteiger partial charge in [0.25, 0.3) is 0 Å². The molecule has 5 heteroatoms. The molecule has 1 aromatic carbocycles. The number of ether oxygens (including phenoxy) is 2. The summed E-state index contributed by atoms with van der Waals surface area (Å²) >= 11 is 0. The first-order valence-corrected chi connectivity index (χ1v) is 7.40. The molecule has 1 heterocycles. The first kappa shape index (κ1) is 15.8. The molecule has 21 heavy (non-hydrogen) atoms. The van der Waals surface area contributed by atoms with Crippen LogP contribution in [-0.2, 0) is 16.1 Å². The first-order valence-electron chi connectivity index (χ1n) is 7.40. The van der Waals surface area contributed by atoms with Crippen molar-refractivity contribution in [1.29, 1.82) is 0 Å². The molecule has 2 N–H and O–H groups in total. The van der Waals surface area contributed by atoms with Crippen molar-refractivity contribution in [1.82, 2.24) is 10.6 Å². The highest BCUT2D eigenvalue weighted by Crippen LogP contribution is 2.20. The number of carbonyl (C=O) groups excluding carboxylic acids is 1. The summed E-state index contributed by atoms with van der Waals surface area (Å²) in [6.07, 6.45) is 0.851. The van der Waals surface area contributed by atoms with E-state index in [1.54, 1.807) is 7.11 Å². The van der Waals surface area contributed by atoms with Crippen LogP contribution in [0.1, 0.15) is 17.5 Å². The highest BCUT2D eigenvalue weighted by molar-refractivity contribution is 5.80. The fourth-order valence-corrected chi connectivity index (χ4v) is 2.13. The second kappa shape index (κ2) is 8.00. The lowest BCUT2D eigenvalue weighted by molar-refractivity contribution is -0.126. The maximum absolute atomic E-state index is 11.9. The van der Waals surface area contributed by atoms with Crippen LogP contribution in [0.15, 0.2) is 18.2 Å². The number of aryl methyl sites for hydroxylation is 1. The van der Waals surface area contributed by atoms with Gasteiger partial charge in [0.1, 0.15) is 5.75 Å². The highest BCUT2D eigenvalue weighted by atomic mass is 16.5. The molecule has 1 aromatic rings. The standard InChI is InChI=1S/C16H24N2O3/c1-12-4-5-13(11-18-16(19)14-9-17-10-14)15(8-12)21-7-3-6-20-2/h4-5,8,14,17H,3,6-7,9-11H2,1-2H3,(H,18,19). The summed E-state index contributed by atoms with van der Waals surface area (Å²) in [5.74, 6) is 1.07. The maximum atomic E-state index is 11.9. The number of nitrogens with one attached hydrogen (secondary N) is 2. The predicted molar refractivity (Wildman–Crippen MR) is 81.4 cm³/mol. The monoisotopic (exact) mass is 292 g/mol. The van der Waals surface area contributed by atoms with Crippen molar-refractivity contribution in [2.45, 2.75) is 19.9 Å². The predicted octanol–water partition coefficient (Wildman–Crippen LogP) is 1.25. The number of amides is 1. The summed E-state index contributed by atoms with van der Waals surface area (Å²) in [7, 11) is 1.68. The zero-order chi connectivity index (χ0) is 15.1. The smallest absolute Gasteiger partial charge is 0.225 e. The summed E-state index contributed by atoms with van der Waals surface area (Å²) in [5, 5.41) is 6.08. The maximum Gasteiger partial charge on any atom is 0.225 e. The van der Waals surface area contributed by atoms with Crippen molar-refractivity contribution in [2.24, 2.45) is 5.92 Å². The molecule has 2 rings (SSSR count). The van der Waals surface area contributed by atoms with Crippen molar-refractivity contribution in [3.63, 3.8) is 0 Å². The molecule has 0 bridgehead atoms. The second-order valence-corrected chi connectivity index (χ2v) is 5.38. The SMILES string of the molecule is COCCCOc1cc(C)ccc1CNC(=O)C1CNC1. The molecular weight excluding hydrogens is 268 g/mol. The Morgan fingerprint density at radius 3 is 2.86 bits per heavy atom. The minimum absolute atomic E-state index is 0.111. The average molecular weight is 292 g/mol. The third-order valence-corrected chi connectivity index (χ3v) is 3.58. The average Bonchev–Trinajstić information content (AvgIpc) is 2.41. The second-order valence-electron chi connectivity index (χ2n) is 5.38. The fraction of sp³-hybridized carbons (Fsp3) is 0.562. The van der Waals surface area contributed by atoms with Crippen molar-refractivity contribution in [2.75, 3.05) is 33.4 Å². The van der Waals surface area contributed by atoms with Crippen molar-refractivity contribution in [3.05, 3.63) is 29.3 Å². The Labute approximate surface area is 126 Å². The van der Waals surface area contributed by atoms with Gasteiger partial charge in [-0.25, -0.2) is 0 Å². The third-order valence-electron chi connectivity index (χ3n) is 3.58. The van der Waals surface area contributed by atoms with Gasteiger partial charge in [0.2, 0.25) is 5.91 Å². The van der Waals surface area contributed by atoms with Gasteiger partial charge in [-0.1, -0.05) is 12.1 Å². The van der Waals surface area contributed by atoms with E-state index in [1.807, 2.05) is 25.1 Å². The number of rotatable bonds is 8. The van der Waals surface area contributed by atoms with Crippen LogP contribution in [0, 0.1) is 12.8 Å². The van der Waals surface area contributed by atoms with E-state index in [1.165, 1.54) is 0 Å². The van der Waals surface area contributed by atoms with Gasteiger partial charge in [-0.3, -0.25) is 4.79 Å². The molecule has 0 aromatic heterocycles. The lowest BCUT2D eigenvalue weighted by Crippen LogP contribution is -2.50. The van der Waals surface area contributed by atoms with Gasteiger partial charge in [-0.2, -0.15) is 0 Å².